The van der Waals surface area contributed by atoms with E-state index >= 15 is 0 Å². The molecule has 1 aromatic carbocycles. The molecular weight excluding hydrogens is 375 g/mol. The van der Waals surface area contributed by atoms with Crippen LogP contribution in [0.4, 0.5) is 13.2 Å². The minimum absolute atomic E-state index is 0.343. The zero-order valence-electron chi connectivity index (χ0n) is 14.6. The van der Waals surface area contributed by atoms with E-state index in [0.29, 0.717) is 41.4 Å². The third-order valence-corrected chi connectivity index (χ3v) is 6.26. The predicted octanol–water partition coefficient (Wildman–Crippen LogP) is 4.94. The fourth-order valence-corrected chi connectivity index (χ4v) is 5.12. The van der Waals surface area contributed by atoms with Gasteiger partial charge in [0.05, 0.1) is 21.8 Å². The lowest BCUT2D eigenvalue weighted by molar-refractivity contribution is -0.0985. The number of allylic oxidation sites excluding steroid dienone is 4. The maximum absolute atomic E-state index is 14.2. The van der Waals surface area contributed by atoms with Crippen molar-refractivity contribution in [2.24, 2.45) is 0 Å². The van der Waals surface area contributed by atoms with E-state index in [1.54, 1.807) is 23.9 Å². The fraction of sp³-hybridized carbons (Fsp3) is 0.350. The number of aromatic nitrogens is 2. The molecule has 1 N–H and O–H groups in total. The fourth-order valence-electron chi connectivity index (χ4n) is 4.88. The first-order valence-corrected chi connectivity index (χ1v) is 9.33. The van der Waals surface area contributed by atoms with Crippen LogP contribution in [0.3, 0.4) is 0 Å². The average Bonchev–Trinajstić information content (AvgIpc) is 2.94. The number of fused-ring (bicyclic) bond motifs is 3. The summed E-state index contributed by atoms with van der Waals surface area (Å²) in [6, 6.07) is 5.41. The van der Waals surface area contributed by atoms with Crippen LogP contribution in [0.1, 0.15) is 36.6 Å². The predicted molar refractivity (Wildman–Crippen MR) is 97.9 cm³/mol. The first kappa shape index (κ1) is 16.9. The van der Waals surface area contributed by atoms with Gasteiger partial charge < -0.3 is 5.32 Å². The summed E-state index contributed by atoms with van der Waals surface area (Å²) in [6.07, 6.45) is 0.0790. The zero-order chi connectivity index (χ0) is 19.0. The summed E-state index contributed by atoms with van der Waals surface area (Å²) in [5.41, 5.74) is 2.69. The van der Waals surface area contributed by atoms with Crippen molar-refractivity contribution < 1.29 is 13.2 Å². The standard InChI is InChI=1S/C20H17ClF3N3/c1-19-14(20(22,23)24)4-2-3-13-17(19)16-11(7-9-25-13)5-6-12(21)18(16)27-15(19)8-10-26-27/h4-6,8,10,25H,2-3,7,9H2,1H3. The lowest BCUT2D eigenvalue weighted by Crippen LogP contribution is -2.40. The molecule has 27 heavy (non-hydrogen) atoms. The smallest absolute Gasteiger partial charge is 0.388 e. The highest BCUT2D eigenvalue weighted by molar-refractivity contribution is 6.33. The molecule has 5 rings (SSSR count). The van der Waals surface area contributed by atoms with Gasteiger partial charge in [0.2, 0.25) is 0 Å². The Hall–Kier alpha value is -2.21. The van der Waals surface area contributed by atoms with Gasteiger partial charge in [-0.3, -0.25) is 0 Å². The minimum atomic E-state index is -4.44. The molecule has 0 amide bonds. The molecule has 3 nitrogen and oxygen atoms in total. The lowest BCUT2D eigenvalue weighted by Gasteiger charge is -2.41. The summed E-state index contributed by atoms with van der Waals surface area (Å²) in [5, 5.41) is 8.26. The summed E-state index contributed by atoms with van der Waals surface area (Å²) < 4.78 is 44.1. The highest BCUT2D eigenvalue weighted by Gasteiger charge is 2.54. The largest absolute Gasteiger partial charge is 0.413 e. The van der Waals surface area contributed by atoms with Crippen LogP contribution < -0.4 is 5.32 Å². The van der Waals surface area contributed by atoms with Crippen LogP contribution in [0.5, 0.6) is 0 Å². The van der Waals surface area contributed by atoms with Crippen LogP contribution in [-0.2, 0) is 11.8 Å². The molecule has 7 heteroatoms. The second-order valence-electron chi connectivity index (χ2n) is 7.37. The molecule has 1 aromatic heterocycles. The summed E-state index contributed by atoms with van der Waals surface area (Å²) in [7, 11) is 0. The highest BCUT2D eigenvalue weighted by Crippen LogP contribution is 2.57. The number of nitrogens with one attached hydrogen (secondary N) is 1. The van der Waals surface area contributed by atoms with Gasteiger partial charge in [0.15, 0.2) is 0 Å². The third-order valence-electron chi connectivity index (χ3n) is 5.95. The zero-order valence-corrected chi connectivity index (χ0v) is 15.4. The number of rotatable bonds is 0. The molecule has 3 aliphatic rings. The van der Waals surface area contributed by atoms with Gasteiger partial charge in [-0.25, -0.2) is 4.68 Å². The molecule has 0 fully saturated rings. The van der Waals surface area contributed by atoms with Gasteiger partial charge in [0, 0.05) is 29.6 Å². The SMILES string of the molecule is CC12C(C(F)(F)F)=CCCC3=C1c1c(ccc(Cl)c1-n1nccc12)CCN3. The number of benzene rings is 1. The van der Waals surface area contributed by atoms with Crippen molar-refractivity contribution in [3.8, 4) is 5.69 Å². The maximum atomic E-state index is 14.2. The third kappa shape index (κ3) is 2.13. The summed E-state index contributed by atoms with van der Waals surface area (Å²) >= 11 is 6.53. The summed E-state index contributed by atoms with van der Waals surface area (Å²) in [5.74, 6) is 0. The van der Waals surface area contributed by atoms with Crippen molar-refractivity contribution in [2.75, 3.05) is 6.54 Å². The Morgan fingerprint density at radius 3 is 2.81 bits per heavy atom. The van der Waals surface area contributed by atoms with Gasteiger partial charge in [0.1, 0.15) is 0 Å². The van der Waals surface area contributed by atoms with Gasteiger partial charge in [-0.1, -0.05) is 23.7 Å². The van der Waals surface area contributed by atoms with E-state index < -0.39 is 17.2 Å². The van der Waals surface area contributed by atoms with Crippen LogP contribution >= 0.6 is 11.6 Å². The molecule has 140 valence electrons. The van der Waals surface area contributed by atoms with E-state index in [9.17, 15) is 13.2 Å². The van der Waals surface area contributed by atoms with E-state index in [1.165, 1.54) is 6.08 Å². The van der Waals surface area contributed by atoms with Gasteiger partial charge in [0.25, 0.3) is 0 Å². The molecule has 0 saturated heterocycles. The molecule has 1 aliphatic carbocycles. The topological polar surface area (TPSA) is 29.9 Å². The molecule has 3 heterocycles. The Kier molecular flexibility index (Phi) is 3.39. The van der Waals surface area contributed by atoms with Gasteiger partial charge in [-0.2, -0.15) is 18.3 Å². The van der Waals surface area contributed by atoms with E-state index in [0.717, 1.165) is 23.2 Å². The van der Waals surface area contributed by atoms with Crippen molar-refractivity contribution >= 4 is 17.2 Å². The van der Waals surface area contributed by atoms with Crippen molar-refractivity contribution in [2.45, 2.75) is 37.8 Å². The average molecular weight is 392 g/mol. The molecule has 0 radical (unpaired) electrons. The van der Waals surface area contributed by atoms with Crippen LogP contribution in [0.2, 0.25) is 5.02 Å². The van der Waals surface area contributed by atoms with Crippen LogP contribution in [0.25, 0.3) is 11.3 Å². The molecule has 0 bridgehead atoms. The van der Waals surface area contributed by atoms with E-state index in [2.05, 4.69) is 10.4 Å². The monoisotopic (exact) mass is 391 g/mol. The number of halogens is 4. The van der Waals surface area contributed by atoms with E-state index in [4.69, 9.17) is 11.6 Å². The van der Waals surface area contributed by atoms with Gasteiger partial charge in [-0.05, 0) is 49.5 Å². The molecule has 2 aromatic rings. The van der Waals surface area contributed by atoms with Crippen molar-refractivity contribution in [1.82, 2.24) is 15.1 Å². The lowest BCUT2D eigenvalue weighted by atomic mass is 9.67. The van der Waals surface area contributed by atoms with Crippen molar-refractivity contribution in [3.05, 3.63) is 63.6 Å². The number of nitrogens with zero attached hydrogens (tertiary/aromatic N) is 2. The van der Waals surface area contributed by atoms with Crippen LogP contribution in [-0.4, -0.2) is 22.5 Å². The Morgan fingerprint density at radius 1 is 1.22 bits per heavy atom. The Balaban J connectivity index is 1.97. The summed E-state index contributed by atoms with van der Waals surface area (Å²) in [4.78, 5) is 0. The second kappa shape index (κ2) is 5.41. The second-order valence-corrected chi connectivity index (χ2v) is 7.78. The molecule has 0 spiro atoms. The first-order chi connectivity index (χ1) is 12.8. The first-order valence-electron chi connectivity index (χ1n) is 8.95. The van der Waals surface area contributed by atoms with Crippen molar-refractivity contribution in [1.29, 1.82) is 0 Å². The van der Waals surface area contributed by atoms with E-state index in [-0.39, 0.29) is 0 Å². The molecular formula is C20H17ClF3N3. The molecule has 1 unspecified atom stereocenters. The molecule has 1 atom stereocenters. The molecule has 0 saturated carbocycles. The van der Waals surface area contributed by atoms with Crippen LogP contribution in [0.15, 0.2) is 41.7 Å². The quantitative estimate of drug-likeness (QED) is 0.645. The number of alkyl halides is 3. The number of hydrogen-bond donors (Lipinski definition) is 1. The van der Waals surface area contributed by atoms with E-state index in [1.807, 2.05) is 12.1 Å². The maximum Gasteiger partial charge on any atom is 0.413 e. The van der Waals surface area contributed by atoms with Gasteiger partial charge in [-0.15, -0.1) is 0 Å². The molecule has 2 aliphatic heterocycles. The minimum Gasteiger partial charge on any atom is -0.388 e. The Morgan fingerprint density at radius 2 is 2.04 bits per heavy atom. The van der Waals surface area contributed by atoms with Gasteiger partial charge >= 0.3 is 6.18 Å². The highest BCUT2D eigenvalue weighted by atomic mass is 35.5. The van der Waals surface area contributed by atoms with Crippen LogP contribution in [0, 0.1) is 0 Å². The number of hydrogen-bond acceptors (Lipinski definition) is 2. The Labute approximate surface area is 159 Å². The summed E-state index contributed by atoms with van der Waals surface area (Å²) in [6.45, 7) is 2.35. The normalized spacial score (nSPS) is 23.7. The Bertz CT molecular complexity index is 1030. The van der Waals surface area contributed by atoms with Crippen molar-refractivity contribution in [3.63, 3.8) is 0 Å².